The Labute approximate surface area is 127 Å². The molecule has 0 saturated carbocycles. The van der Waals surface area contributed by atoms with Crippen LogP contribution in [0.3, 0.4) is 0 Å². The highest BCUT2D eigenvalue weighted by atomic mass is 16.5. The van der Waals surface area contributed by atoms with Crippen LogP contribution in [-0.2, 0) is 12.8 Å². The number of rotatable bonds is 6. The molecule has 4 heteroatoms. The fourth-order valence-corrected chi connectivity index (χ4v) is 3.00. The van der Waals surface area contributed by atoms with E-state index in [-0.39, 0.29) is 0 Å². The minimum absolute atomic E-state index is 0.483. The summed E-state index contributed by atoms with van der Waals surface area (Å²) in [6, 6.07) is 5.13. The Hall–Kier alpha value is -1.60. The fourth-order valence-electron chi connectivity index (χ4n) is 3.00. The zero-order chi connectivity index (χ0) is 15.4. The van der Waals surface area contributed by atoms with Crippen LogP contribution in [0.2, 0.25) is 0 Å². The van der Waals surface area contributed by atoms with Crippen molar-refractivity contribution in [3.05, 3.63) is 22.9 Å². The number of hydrogen-bond donors (Lipinski definition) is 0. The van der Waals surface area contributed by atoms with E-state index in [9.17, 15) is 5.26 Å². The first-order valence-corrected chi connectivity index (χ1v) is 7.84. The number of nitrogens with zero attached hydrogens (tertiary/aromatic N) is 3. The lowest BCUT2D eigenvalue weighted by molar-refractivity contribution is 0.140. The number of ether oxygens (including phenoxy) is 1. The Bertz CT molecular complexity index is 524. The van der Waals surface area contributed by atoms with Gasteiger partial charge in [0.05, 0.1) is 0 Å². The highest BCUT2D eigenvalue weighted by Gasteiger charge is 2.18. The number of hydrogen-bond acceptors (Lipinski definition) is 4. The first kappa shape index (κ1) is 15.8. The molecule has 0 atom stereocenters. The van der Waals surface area contributed by atoms with Crippen molar-refractivity contribution in [2.75, 3.05) is 13.2 Å². The minimum atomic E-state index is 0.483. The summed E-state index contributed by atoms with van der Waals surface area (Å²) in [5, 5.41) is 9.25. The molecule has 21 heavy (non-hydrogen) atoms. The molecule has 1 heterocycles. The largest absolute Gasteiger partial charge is 0.475 e. The van der Waals surface area contributed by atoms with Gasteiger partial charge in [-0.05, 0) is 58.6 Å². The van der Waals surface area contributed by atoms with Gasteiger partial charge in [-0.15, -0.1) is 0 Å². The van der Waals surface area contributed by atoms with E-state index in [4.69, 9.17) is 4.74 Å². The fraction of sp³-hybridized carbons (Fsp3) is 0.647. The van der Waals surface area contributed by atoms with Crippen LogP contribution in [0.25, 0.3) is 0 Å². The van der Waals surface area contributed by atoms with Gasteiger partial charge in [0.2, 0.25) is 5.88 Å². The SMILES string of the molecule is CC(C)N(CCOc1nc2c(cc1C#N)CCC2)C(C)C. The third-order valence-electron chi connectivity index (χ3n) is 4.05. The summed E-state index contributed by atoms with van der Waals surface area (Å²) in [6.45, 7) is 10.2. The Morgan fingerprint density at radius 2 is 2.00 bits per heavy atom. The first-order chi connectivity index (χ1) is 10.0. The molecule has 0 amide bonds. The Kier molecular flexibility index (Phi) is 5.19. The molecule has 0 fully saturated rings. The van der Waals surface area contributed by atoms with Gasteiger partial charge in [0.15, 0.2) is 0 Å². The lowest BCUT2D eigenvalue weighted by atomic mass is 10.1. The number of aryl methyl sites for hydroxylation is 2. The molecule has 1 aliphatic rings. The third-order valence-corrected chi connectivity index (χ3v) is 4.05. The van der Waals surface area contributed by atoms with Crippen molar-refractivity contribution in [3.8, 4) is 11.9 Å². The lowest BCUT2D eigenvalue weighted by Crippen LogP contribution is -2.39. The smallest absolute Gasteiger partial charge is 0.231 e. The topological polar surface area (TPSA) is 49.1 Å². The van der Waals surface area contributed by atoms with Crippen LogP contribution < -0.4 is 4.74 Å². The van der Waals surface area contributed by atoms with E-state index in [1.54, 1.807) is 0 Å². The van der Waals surface area contributed by atoms with Crippen molar-refractivity contribution < 1.29 is 4.74 Å². The number of fused-ring (bicyclic) bond motifs is 1. The van der Waals surface area contributed by atoms with Crippen LogP contribution in [0.5, 0.6) is 5.88 Å². The Balaban J connectivity index is 2.02. The third kappa shape index (κ3) is 3.74. The molecule has 0 N–H and O–H groups in total. The minimum Gasteiger partial charge on any atom is -0.475 e. The van der Waals surface area contributed by atoms with E-state index in [0.29, 0.717) is 30.1 Å². The maximum atomic E-state index is 9.25. The summed E-state index contributed by atoms with van der Waals surface area (Å²) in [7, 11) is 0. The normalized spacial score (nSPS) is 13.8. The van der Waals surface area contributed by atoms with E-state index in [1.165, 1.54) is 5.56 Å². The second-order valence-electron chi connectivity index (χ2n) is 6.19. The van der Waals surface area contributed by atoms with Crippen molar-refractivity contribution >= 4 is 0 Å². The van der Waals surface area contributed by atoms with Gasteiger partial charge >= 0.3 is 0 Å². The summed E-state index contributed by atoms with van der Waals surface area (Å²) in [4.78, 5) is 6.92. The quantitative estimate of drug-likeness (QED) is 0.807. The molecule has 0 unspecified atom stereocenters. The summed E-state index contributed by atoms with van der Waals surface area (Å²) >= 11 is 0. The molecule has 0 aliphatic heterocycles. The van der Waals surface area contributed by atoms with Gasteiger partial charge in [0.1, 0.15) is 18.2 Å². The molecule has 4 nitrogen and oxygen atoms in total. The first-order valence-electron chi connectivity index (χ1n) is 7.84. The Morgan fingerprint density at radius 3 is 2.62 bits per heavy atom. The van der Waals surface area contributed by atoms with E-state index in [2.05, 4.69) is 43.6 Å². The zero-order valence-corrected chi connectivity index (χ0v) is 13.5. The van der Waals surface area contributed by atoms with E-state index < -0.39 is 0 Å². The monoisotopic (exact) mass is 287 g/mol. The predicted molar refractivity (Wildman–Crippen MR) is 83.5 cm³/mol. The van der Waals surface area contributed by atoms with Crippen LogP contribution in [0.1, 0.15) is 50.9 Å². The van der Waals surface area contributed by atoms with Crippen molar-refractivity contribution in [2.45, 2.75) is 59.0 Å². The maximum Gasteiger partial charge on any atom is 0.231 e. The molecule has 0 aromatic carbocycles. The number of pyridine rings is 1. The van der Waals surface area contributed by atoms with Gasteiger partial charge < -0.3 is 4.74 Å². The standard InChI is InChI=1S/C17H25N3O/c1-12(2)20(13(3)4)8-9-21-17-15(11-18)10-14-6-5-7-16(14)19-17/h10,12-13H,5-9H2,1-4H3. The van der Waals surface area contributed by atoms with Crippen molar-refractivity contribution in [2.24, 2.45) is 0 Å². The summed E-state index contributed by atoms with van der Waals surface area (Å²) in [6.07, 6.45) is 3.17. The van der Waals surface area contributed by atoms with Crippen LogP contribution >= 0.6 is 0 Å². The van der Waals surface area contributed by atoms with Gasteiger partial charge in [-0.2, -0.15) is 5.26 Å². The van der Waals surface area contributed by atoms with Crippen molar-refractivity contribution in [1.29, 1.82) is 5.26 Å². The molecule has 1 aromatic rings. The average molecular weight is 287 g/mol. The molecule has 0 spiro atoms. The number of aromatic nitrogens is 1. The molecular formula is C17H25N3O. The van der Waals surface area contributed by atoms with Crippen LogP contribution in [-0.4, -0.2) is 35.1 Å². The van der Waals surface area contributed by atoms with E-state index >= 15 is 0 Å². The highest BCUT2D eigenvalue weighted by Crippen LogP contribution is 2.26. The highest BCUT2D eigenvalue weighted by molar-refractivity contribution is 5.44. The second-order valence-corrected chi connectivity index (χ2v) is 6.19. The van der Waals surface area contributed by atoms with Gasteiger partial charge in [-0.3, -0.25) is 4.90 Å². The summed E-state index contributed by atoms with van der Waals surface area (Å²) in [5.74, 6) is 0.505. The summed E-state index contributed by atoms with van der Waals surface area (Å²) < 4.78 is 5.81. The summed E-state index contributed by atoms with van der Waals surface area (Å²) in [5.41, 5.74) is 2.88. The zero-order valence-electron chi connectivity index (χ0n) is 13.5. The predicted octanol–water partition coefficient (Wildman–Crippen LogP) is 2.94. The molecule has 114 valence electrons. The van der Waals surface area contributed by atoms with E-state index in [0.717, 1.165) is 31.5 Å². The lowest BCUT2D eigenvalue weighted by Gasteiger charge is -2.30. The van der Waals surface area contributed by atoms with Crippen LogP contribution in [0, 0.1) is 11.3 Å². The van der Waals surface area contributed by atoms with Gasteiger partial charge in [0, 0.05) is 24.3 Å². The molecule has 0 radical (unpaired) electrons. The second kappa shape index (κ2) is 6.91. The molecule has 1 aliphatic carbocycles. The molecule has 0 bridgehead atoms. The van der Waals surface area contributed by atoms with Gasteiger partial charge in [-0.1, -0.05) is 0 Å². The van der Waals surface area contributed by atoms with Crippen molar-refractivity contribution in [3.63, 3.8) is 0 Å². The van der Waals surface area contributed by atoms with Crippen molar-refractivity contribution in [1.82, 2.24) is 9.88 Å². The molecule has 2 rings (SSSR count). The molecular weight excluding hydrogens is 262 g/mol. The van der Waals surface area contributed by atoms with Gasteiger partial charge in [0.25, 0.3) is 0 Å². The van der Waals surface area contributed by atoms with Gasteiger partial charge in [-0.25, -0.2) is 4.98 Å². The van der Waals surface area contributed by atoms with Crippen LogP contribution in [0.15, 0.2) is 6.07 Å². The molecule has 0 saturated heterocycles. The average Bonchev–Trinajstić information content (AvgIpc) is 2.88. The van der Waals surface area contributed by atoms with E-state index in [1.807, 2.05) is 6.07 Å². The molecule has 1 aromatic heterocycles. The number of nitriles is 1. The maximum absolute atomic E-state index is 9.25. The van der Waals surface area contributed by atoms with Crippen LogP contribution in [0.4, 0.5) is 0 Å². The Morgan fingerprint density at radius 1 is 1.29 bits per heavy atom.